The molecule has 10 heteroatoms. The largest absolute Gasteiger partial charge is 0.504 e. The Labute approximate surface area is 220 Å². The highest BCUT2D eigenvalue weighted by Crippen LogP contribution is 2.30. The zero-order valence-corrected chi connectivity index (χ0v) is 20.9. The van der Waals surface area contributed by atoms with Gasteiger partial charge in [0.1, 0.15) is 17.7 Å². The molecule has 1 unspecified atom stereocenters. The Morgan fingerprint density at radius 1 is 0.947 bits per heavy atom. The maximum atomic E-state index is 14.6. The summed E-state index contributed by atoms with van der Waals surface area (Å²) in [5.74, 6) is -5.23. The second-order valence-corrected chi connectivity index (χ2v) is 9.06. The highest BCUT2D eigenvalue weighted by molar-refractivity contribution is 6.30. The molecule has 0 spiro atoms. The Kier molecular flexibility index (Phi) is 7.32. The van der Waals surface area contributed by atoms with Gasteiger partial charge < -0.3 is 15.5 Å². The molecule has 0 aliphatic heterocycles. The topological polar surface area (TPSA) is 109 Å². The van der Waals surface area contributed by atoms with Gasteiger partial charge in [0.05, 0.1) is 16.8 Å². The van der Waals surface area contributed by atoms with Crippen LogP contribution in [-0.2, 0) is 0 Å². The molecule has 0 radical (unpaired) electrons. The first-order valence-corrected chi connectivity index (χ1v) is 11.7. The second-order valence-electron chi connectivity index (χ2n) is 8.63. The Bertz CT molecular complexity index is 1630. The number of carbonyl (C=O) groups excluding carboxylic acids is 2. The van der Waals surface area contributed by atoms with Crippen LogP contribution < -0.4 is 10.9 Å². The van der Waals surface area contributed by atoms with Crippen LogP contribution in [0.5, 0.6) is 11.5 Å². The van der Waals surface area contributed by atoms with E-state index in [0.717, 1.165) is 18.2 Å². The summed E-state index contributed by atoms with van der Waals surface area (Å²) in [4.78, 5) is 39.4. The van der Waals surface area contributed by atoms with Crippen LogP contribution in [0.25, 0.3) is 5.69 Å². The second kappa shape index (κ2) is 10.5. The number of pyridine rings is 1. The molecule has 0 aliphatic rings. The normalized spacial score (nSPS) is 11.7. The average molecular weight is 539 g/mol. The molecule has 0 saturated heterocycles. The summed E-state index contributed by atoms with van der Waals surface area (Å²) in [5.41, 5.74) is 0.621. The Hall–Kier alpha value is -4.50. The minimum atomic E-state index is -1.57. The van der Waals surface area contributed by atoms with Crippen molar-refractivity contribution < 1.29 is 28.6 Å². The number of phenols is 2. The zero-order valence-electron chi connectivity index (χ0n) is 20.1. The smallest absolute Gasteiger partial charge is 0.256 e. The molecule has 4 rings (SSSR count). The first-order valence-electron chi connectivity index (χ1n) is 11.3. The maximum Gasteiger partial charge on any atom is 0.256 e. The number of ketones is 1. The Morgan fingerprint density at radius 3 is 2.29 bits per heavy atom. The summed E-state index contributed by atoms with van der Waals surface area (Å²) in [7, 11) is 0. The van der Waals surface area contributed by atoms with Crippen molar-refractivity contribution in [2.24, 2.45) is 0 Å². The van der Waals surface area contributed by atoms with Gasteiger partial charge in [-0.3, -0.25) is 19.0 Å². The van der Waals surface area contributed by atoms with Gasteiger partial charge in [0.15, 0.2) is 17.3 Å². The van der Waals surface area contributed by atoms with E-state index in [2.05, 4.69) is 5.32 Å². The molecule has 0 bridgehead atoms. The van der Waals surface area contributed by atoms with Gasteiger partial charge in [-0.25, -0.2) is 8.78 Å². The summed E-state index contributed by atoms with van der Waals surface area (Å²) in [6.07, 6.45) is 1.33. The third kappa shape index (κ3) is 5.14. The van der Waals surface area contributed by atoms with Gasteiger partial charge in [-0.15, -0.1) is 0 Å². The summed E-state index contributed by atoms with van der Waals surface area (Å²) in [6.45, 7) is 3.49. The van der Waals surface area contributed by atoms with Crippen LogP contribution in [-0.4, -0.2) is 26.5 Å². The number of benzene rings is 3. The number of para-hydroxylation sites is 1. The third-order valence-electron chi connectivity index (χ3n) is 5.96. The predicted octanol–water partition coefficient (Wildman–Crippen LogP) is 5.15. The van der Waals surface area contributed by atoms with Crippen molar-refractivity contribution >= 4 is 23.3 Å². The summed E-state index contributed by atoms with van der Waals surface area (Å²) < 4.78 is 29.4. The number of nitrogens with one attached hydrogen (secondary N) is 1. The van der Waals surface area contributed by atoms with Crippen molar-refractivity contribution in [3.05, 3.63) is 122 Å². The van der Waals surface area contributed by atoms with Gasteiger partial charge in [-0.05, 0) is 73.0 Å². The Morgan fingerprint density at radius 2 is 1.63 bits per heavy atom. The van der Waals surface area contributed by atoms with E-state index in [9.17, 15) is 33.4 Å². The molecule has 38 heavy (non-hydrogen) atoms. The number of aryl methyl sites for hydroxylation is 2. The molecule has 4 aromatic rings. The van der Waals surface area contributed by atoms with Crippen LogP contribution in [0, 0.1) is 25.5 Å². The molecule has 0 aliphatic carbocycles. The van der Waals surface area contributed by atoms with Crippen molar-refractivity contribution in [3.63, 3.8) is 0 Å². The van der Waals surface area contributed by atoms with Crippen molar-refractivity contribution in [2.75, 3.05) is 0 Å². The van der Waals surface area contributed by atoms with Gasteiger partial charge in [-0.2, -0.15) is 0 Å². The lowest BCUT2D eigenvalue weighted by molar-refractivity contribution is 0.0852. The van der Waals surface area contributed by atoms with E-state index >= 15 is 0 Å². The fourth-order valence-electron chi connectivity index (χ4n) is 4.20. The molecule has 194 valence electrons. The van der Waals surface area contributed by atoms with Crippen LogP contribution in [0.4, 0.5) is 8.78 Å². The van der Waals surface area contributed by atoms with E-state index < -0.39 is 52.0 Å². The number of carbonyl (C=O) groups is 2. The van der Waals surface area contributed by atoms with Crippen molar-refractivity contribution in [1.29, 1.82) is 0 Å². The van der Waals surface area contributed by atoms with Crippen LogP contribution in [0.3, 0.4) is 0 Å². The fourth-order valence-corrected chi connectivity index (χ4v) is 4.53. The van der Waals surface area contributed by atoms with Gasteiger partial charge >= 0.3 is 0 Å². The standard InChI is InChI=1S/C28H21ClF2N2O5/c1-14-10-17(29)11-15(2)25(14)33-13-16(6-9-23(33)35)24(27(37)19-8-7-18(30)12-21(19)31)32-28(38)20-4-3-5-22(34)26(20)36/h3-13,24,34,36H,1-2H3,(H,32,38). The molecule has 1 atom stereocenters. The highest BCUT2D eigenvalue weighted by atomic mass is 35.5. The van der Waals surface area contributed by atoms with Crippen LogP contribution in [0.15, 0.2) is 71.7 Å². The van der Waals surface area contributed by atoms with Gasteiger partial charge in [0.2, 0.25) is 0 Å². The van der Waals surface area contributed by atoms with Gasteiger partial charge in [-0.1, -0.05) is 17.7 Å². The number of hydrogen-bond donors (Lipinski definition) is 3. The van der Waals surface area contributed by atoms with E-state index in [-0.39, 0.29) is 11.1 Å². The number of hydrogen-bond acceptors (Lipinski definition) is 5. The number of aromatic nitrogens is 1. The van der Waals surface area contributed by atoms with Crippen molar-refractivity contribution in [2.45, 2.75) is 19.9 Å². The lowest BCUT2D eigenvalue weighted by atomic mass is 9.97. The van der Waals surface area contributed by atoms with Crippen LogP contribution in [0.2, 0.25) is 5.02 Å². The van der Waals surface area contributed by atoms with E-state index in [0.29, 0.717) is 27.9 Å². The van der Waals surface area contributed by atoms with Crippen LogP contribution >= 0.6 is 11.6 Å². The van der Waals surface area contributed by atoms with E-state index in [1.54, 1.807) is 26.0 Å². The number of halogens is 3. The summed E-state index contributed by atoms with van der Waals surface area (Å²) in [5, 5.41) is 22.8. The fraction of sp³-hybridized carbons (Fsp3) is 0.107. The zero-order chi connectivity index (χ0) is 27.7. The minimum Gasteiger partial charge on any atom is -0.504 e. The number of amides is 1. The minimum absolute atomic E-state index is 0.0973. The summed E-state index contributed by atoms with van der Waals surface area (Å²) in [6, 6.07) is 10.3. The first-order chi connectivity index (χ1) is 18.0. The SMILES string of the molecule is Cc1cc(Cl)cc(C)c1-n1cc(C(NC(=O)c2cccc(O)c2O)C(=O)c2ccc(F)cc2F)ccc1=O. The van der Waals surface area contributed by atoms with Gasteiger partial charge in [0, 0.05) is 23.4 Å². The third-order valence-corrected chi connectivity index (χ3v) is 6.18. The molecule has 0 fully saturated rings. The number of nitrogens with zero attached hydrogens (tertiary/aromatic N) is 1. The lowest BCUT2D eigenvalue weighted by Crippen LogP contribution is -2.35. The molecule has 1 amide bonds. The number of phenolic OH excluding ortho intramolecular Hbond substituents is 2. The Balaban J connectivity index is 1.87. The molecular formula is C28H21ClF2N2O5. The molecule has 3 N–H and O–H groups in total. The van der Waals surface area contributed by atoms with Crippen molar-refractivity contribution in [3.8, 4) is 17.2 Å². The number of rotatable bonds is 6. The first kappa shape index (κ1) is 26.6. The van der Waals surface area contributed by atoms with Crippen molar-refractivity contribution in [1.82, 2.24) is 9.88 Å². The van der Waals surface area contributed by atoms with E-state index in [4.69, 9.17) is 11.6 Å². The predicted molar refractivity (Wildman–Crippen MR) is 137 cm³/mol. The van der Waals surface area contributed by atoms with E-state index in [1.807, 2.05) is 0 Å². The summed E-state index contributed by atoms with van der Waals surface area (Å²) >= 11 is 6.13. The molecule has 7 nitrogen and oxygen atoms in total. The molecular weight excluding hydrogens is 518 g/mol. The number of aromatic hydroxyl groups is 2. The highest BCUT2D eigenvalue weighted by Gasteiger charge is 2.29. The lowest BCUT2D eigenvalue weighted by Gasteiger charge is -2.21. The van der Waals surface area contributed by atoms with E-state index in [1.165, 1.54) is 35.0 Å². The monoisotopic (exact) mass is 538 g/mol. The molecule has 3 aromatic carbocycles. The van der Waals surface area contributed by atoms with Crippen LogP contribution in [0.1, 0.15) is 43.4 Å². The molecule has 1 aromatic heterocycles. The molecule has 1 heterocycles. The maximum absolute atomic E-state index is 14.6. The number of Topliss-reactive ketones (excluding diaryl/α,β-unsaturated/α-hetero) is 1. The molecule has 0 saturated carbocycles. The quantitative estimate of drug-likeness (QED) is 0.232. The van der Waals surface area contributed by atoms with Gasteiger partial charge in [0.25, 0.3) is 11.5 Å². The average Bonchev–Trinajstić information content (AvgIpc) is 2.84.